The maximum absolute atomic E-state index is 13.5. The van der Waals surface area contributed by atoms with Gasteiger partial charge in [0.2, 0.25) is 0 Å². The highest BCUT2D eigenvalue weighted by Crippen LogP contribution is 2.36. The van der Waals surface area contributed by atoms with E-state index in [0.717, 1.165) is 6.07 Å². The molecule has 0 saturated carbocycles. The van der Waals surface area contributed by atoms with Gasteiger partial charge in [-0.15, -0.1) is 10.2 Å². The van der Waals surface area contributed by atoms with E-state index in [9.17, 15) is 22.4 Å². The largest absolute Gasteiger partial charge is 0.416 e. The van der Waals surface area contributed by atoms with E-state index in [4.69, 9.17) is 0 Å². The Bertz CT molecular complexity index is 1110. The molecule has 0 fully saturated rings. The van der Waals surface area contributed by atoms with Crippen LogP contribution in [0.3, 0.4) is 0 Å². The van der Waals surface area contributed by atoms with Crippen LogP contribution in [0.4, 0.5) is 17.6 Å². The van der Waals surface area contributed by atoms with Crippen molar-refractivity contribution in [2.45, 2.75) is 32.6 Å². The minimum absolute atomic E-state index is 0.0263. The Morgan fingerprint density at radius 3 is 2.40 bits per heavy atom. The highest BCUT2D eigenvalue weighted by molar-refractivity contribution is 5.96. The quantitative estimate of drug-likeness (QED) is 0.583. The highest BCUT2D eigenvalue weighted by Gasteiger charge is 2.38. The summed E-state index contributed by atoms with van der Waals surface area (Å²) in [5.74, 6) is 0.182. The van der Waals surface area contributed by atoms with Crippen molar-refractivity contribution in [2.24, 2.45) is 0 Å². The fraction of sp³-hybridized carbons (Fsp3) is 0.286. The second-order valence-corrected chi connectivity index (χ2v) is 7.19. The Labute approximate surface area is 170 Å². The number of carbonyl (C=O) groups excluding carboxylic acids is 1. The molecule has 0 unspecified atom stereocenters. The van der Waals surface area contributed by atoms with Crippen LogP contribution in [-0.2, 0) is 12.7 Å². The Morgan fingerprint density at radius 2 is 1.73 bits per heavy atom. The molecular formula is C21H18F4N4O. The molecule has 1 amide bonds. The lowest BCUT2D eigenvalue weighted by Crippen LogP contribution is -2.43. The van der Waals surface area contributed by atoms with Crippen LogP contribution in [0.1, 0.15) is 44.7 Å². The van der Waals surface area contributed by atoms with Crippen LogP contribution >= 0.6 is 0 Å². The molecule has 0 saturated heterocycles. The number of hydrogen-bond donors (Lipinski definition) is 0. The van der Waals surface area contributed by atoms with Crippen LogP contribution < -0.4 is 0 Å². The van der Waals surface area contributed by atoms with Gasteiger partial charge in [-0.25, -0.2) is 4.39 Å². The first-order valence-corrected chi connectivity index (χ1v) is 9.31. The first-order chi connectivity index (χ1) is 14.2. The molecule has 0 aliphatic carbocycles. The average Bonchev–Trinajstić information content (AvgIpc) is 3.08. The van der Waals surface area contributed by atoms with Gasteiger partial charge in [-0.05, 0) is 49.2 Å². The molecule has 0 radical (unpaired) electrons. The van der Waals surface area contributed by atoms with Crippen molar-refractivity contribution in [3.63, 3.8) is 0 Å². The van der Waals surface area contributed by atoms with Gasteiger partial charge in [0.15, 0.2) is 5.82 Å². The Kier molecular flexibility index (Phi) is 4.83. The predicted molar refractivity (Wildman–Crippen MR) is 100 cm³/mol. The van der Waals surface area contributed by atoms with Crippen molar-refractivity contribution in [2.75, 3.05) is 6.54 Å². The van der Waals surface area contributed by atoms with Gasteiger partial charge >= 0.3 is 6.18 Å². The number of aromatic nitrogens is 3. The van der Waals surface area contributed by atoms with Crippen LogP contribution in [0, 0.1) is 19.7 Å². The Balaban J connectivity index is 1.81. The average molecular weight is 418 g/mol. The summed E-state index contributed by atoms with van der Waals surface area (Å²) in [7, 11) is 0. The smallest absolute Gasteiger partial charge is 0.322 e. The van der Waals surface area contributed by atoms with Gasteiger partial charge in [-0.2, -0.15) is 13.2 Å². The third kappa shape index (κ3) is 3.34. The lowest BCUT2D eigenvalue weighted by Gasteiger charge is -2.36. The fourth-order valence-electron chi connectivity index (χ4n) is 3.87. The summed E-state index contributed by atoms with van der Waals surface area (Å²) in [5.41, 5.74) is -0.400. The number of amides is 1. The second kappa shape index (κ2) is 7.23. The number of hydrogen-bond acceptors (Lipinski definition) is 3. The van der Waals surface area contributed by atoms with Crippen LogP contribution in [0.5, 0.6) is 0 Å². The number of halogens is 4. The zero-order valence-corrected chi connectivity index (χ0v) is 16.2. The van der Waals surface area contributed by atoms with E-state index in [0.29, 0.717) is 23.8 Å². The number of fused-ring (bicyclic) bond motifs is 1. The van der Waals surface area contributed by atoms with Gasteiger partial charge in [-0.1, -0.05) is 18.2 Å². The van der Waals surface area contributed by atoms with E-state index in [1.165, 1.54) is 36.1 Å². The molecule has 2 aromatic carbocycles. The van der Waals surface area contributed by atoms with Crippen molar-refractivity contribution in [3.8, 4) is 0 Å². The van der Waals surface area contributed by atoms with Gasteiger partial charge in [0.05, 0.1) is 5.56 Å². The molecule has 1 aliphatic rings. The zero-order valence-electron chi connectivity index (χ0n) is 16.2. The summed E-state index contributed by atoms with van der Waals surface area (Å²) >= 11 is 0. The maximum atomic E-state index is 13.5. The first-order valence-electron chi connectivity index (χ1n) is 9.31. The minimum Gasteiger partial charge on any atom is -0.322 e. The number of nitrogens with zero attached hydrogens (tertiary/aromatic N) is 4. The Morgan fingerprint density at radius 1 is 1.03 bits per heavy atom. The normalized spacial score (nSPS) is 16.5. The summed E-state index contributed by atoms with van der Waals surface area (Å²) in [6.45, 7) is 3.74. The molecule has 0 spiro atoms. The van der Waals surface area contributed by atoms with Crippen LogP contribution in [0.2, 0.25) is 0 Å². The molecule has 1 aromatic heterocycles. The molecule has 1 atom stereocenters. The standard InChI is InChI=1S/C21H18F4N4O/c1-12-16(4-3-5-17(12)21(23,24)25)20(30)29-11-10-28-13(2)26-27-19(28)18(29)14-6-8-15(22)9-7-14/h3-9,18H,10-11H2,1-2H3/t18-/m0/s1. The third-order valence-corrected chi connectivity index (χ3v) is 5.40. The summed E-state index contributed by atoms with van der Waals surface area (Å²) < 4.78 is 55.3. The third-order valence-electron chi connectivity index (χ3n) is 5.40. The van der Waals surface area contributed by atoms with Crippen molar-refractivity contribution in [3.05, 3.63) is 82.2 Å². The second-order valence-electron chi connectivity index (χ2n) is 7.19. The van der Waals surface area contributed by atoms with Crippen LogP contribution in [-0.4, -0.2) is 32.1 Å². The summed E-state index contributed by atoms with van der Waals surface area (Å²) in [6, 6.07) is 8.51. The molecule has 2 heterocycles. The molecule has 4 rings (SSSR count). The topological polar surface area (TPSA) is 51.0 Å². The molecular weight excluding hydrogens is 400 g/mol. The molecule has 9 heteroatoms. The number of rotatable bonds is 2. The molecule has 3 aromatic rings. The lowest BCUT2D eigenvalue weighted by atomic mass is 9.97. The fourth-order valence-corrected chi connectivity index (χ4v) is 3.87. The van der Waals surface area contributed by atoms with Gasteiger partial charge < -0.3 is 9.47 Å². The molecule has 0 N–H and O–H groups in total. The molecule has 5 nitrogen and oxygen atoms in total. The molecule has 1 aliphatic heterocycles. The van der Waals surface area contributed by atoms with Gasteiger partial charge in [-0.3, -0.25) is 4.79 Å². The van der Waals surface area contributed by atoms with E-state index >= 15 is 0 Å². The monoisotopic (exact) mass is 418 g/mol. The van der Waals surface area contributed by atoms with Crippen molar-refractivity contribution in [1.29, 1.82) is 0 Å². The van der Waals surface area contributed by atoms with Gasteiger partial charge in [0.1, 0.15) is 17.7 Å². The number of aryl methyl sites for hydroxylation is 1. The Hall–Kier alpha value is -3.23. The number of carbonyl (C=O) groups is 1. The van der Waals surface area contributed by atoms with Gasteiger partial charge in [0, 0.05) is 18.7 Å². The summed E-state index contributed by atoms with van der Waals surface area (Å²) in [4.78, 5) is 14.9. The van der Waals surface area contributed by atoms with E-state index in [2.05, 4.69) is 10.2 Å². The first kappa shape index (κ1) is 20.1. The summed E-state index contributed by atoms with van der Waals surface area (Å²) in [6.07, 6.45) is -4.56. The predicted octanol–water partition coefficient (Wildman–Crippen LogP) is 4.30. The van der Waals surface area contributed by atoms with Crippen LogP contribution in [0.15, 0.2) is 42.5 Å². The van der Waals surface area contributed by atoms with Crippen molar-refractivity contribution in [1.82, 2.24) is 19.7 Å². The number of alkyl halides is 3. The maximum Gasteiger partial charge on any atom is 0.416 e. The summed E-state index contributed by atoms with van der Waals surface area (Å²) in [5, 5.41) is 8.26. The van der Waals surface area contributed by atoms with Crippen molar-refractivity contribution >= 4 is 5.91 Å². The zero-order chi connectivity index (χ0) is 21.6. The SMILES string of the molecule is Cc1c(C(=O)N2CCn3c(C)nnc3[C@@H]2c2ccc(F)cc2)cccc1C(F)(F)F. The van der Waals surface area contributed by atoms with E-state index < -0.39 is 29.5 Å². The number of benzene rings is 2. The minimum atomic E-state index is -4.56. The highest BCUT2D eigenvalue weighted by atomic mass is 19.4. The van der Waals surface area contributed by atoms with E-state index in [-0.39, 0.29) is 17.7 Å². The molecule has 0 bridgehead atoms. The molecule has 30 heavy (non-hydrogen) atoms. The van der Waals surface area contributed by atoms with Crippen molar-refractivity contribution < 1.29 is 22.4 Å². The van der Waals surface area contributed by atoms with E-state index in [1.807, 2.05) is 4.57 Å². The lowest BCUT2D eigenvalue weighted by molar-refractivity contribution is -0.138. The van der Waals surface area contributed by atoms with E-state index in [1.54, 1.807) is 19.1 Å². The van der Waals surface area contributed by atoms with Gasteiger partial charge in [0.25, 0.3) is 5.91 Å². The van der Waals surface area contributed by atoms with Crippen LogP contribution in [0.25, 0.3) is 0 Å². The molecule has 156 valence electrons.